The van der Waals surface area contributed by atoms with Crippen LogP contribution in [0.1, 0.15) is 31.9 Å². The minimum absolute atomic E-state index is 0.282. The van der Waals surface area contributed by atoms with Crippen molar-refractivity contribution in [1.29, 1.82) is 0 Å². The number of benzene rings is 1. The molecule has 1 aromatic rings. The number of carbonyl (C=O) groups excluding carboxylic acids is 1. The van der Waals surface area contributed by atoms with Crippen LogP contribution in [-0.2, 0) is 4.79 Å². The lowest BCUT2D eigenvalue weighted by Gasteiger charge is -2.09. The summed E-state index contributed by atoms with van der Waals surface area (Å²) in [5.74, 6) is 1.55. The third kappa shape index (κ3) is 2.87. The van der Waals surface area contributed by atoms with Crippen molar-refractivity contribution in [3.05, 3.63) is 35.2 Å². The van der Waals surface area contributed by atoms with E-state index in [2.05, 4.69) is 6.07 Å². The highest BCUT2D eigenvalue weighted by atomic mass is 16.5. The van der Waals surface area contributed by atoms with Crippen molar-refractivity contribution in [2.24, 2.45) is 0 Å². The minimum atomic E-state index is -0.282. The summed E-state index contributed by atoms with van der Waals surface area (Å²) in [7, 11) is 0. The lowest BCUT2D eigenvalue weighted by molar-refractivity contribution is -0.131. The highest BCUT2D eigenvalue weighted by Crippen LogP contribution is 2.22. The average Bonchev–Trinajstić information content (AvgIpc) is 2.01. The highest BCUT2D eigenvalue weighted by molar-refractivity contribution is 5.69. The summed E-state index contributed by atoms with van der Waals surface area (Å²) in [4.78, 5) is 10.8. The van der Waals surface area contributed by atoms with Gasteiger partial charge in [-0.15, -0.1) is 0 Å². The van der Waals surface area contributed by atoms with Crippen molar-refractivity contribution < 1.29 is 9.53 Å². The molecule has 0 aliphatic carbocycles. The van der Waals surface area contributed by atoms with E-state index in [0.717, 1.165) is 11.1 Å². The van der Waals surface area contributed by atoms with Gasteiger partial charge in [-0.25, -0.2) is 0 Å². The molecule has 0 atom stereocenters. The van der Waals surface area contributed by atoms with E-state index in [-0.39, 0.29) is 5.97 Å². The topological polar surface area (TPSA) is 26.3 Å². The zero-order valence-corrected chi connectivity index (χ0v) is 9.05. The van der Waals surface area contributed by atoms with Gasteiger partial charge < -0.3 is 4.74 Å². The van der Waals surface area contributed by atoms with Crippen LogP contribution in [0.4, 0.5) is 0 Å². The molecule has 2 nitrogen and oxygen atoms in total. The Labute approximate surface area is 84.9 Å². The first-order chi connectivity index (χ1) is 6.49. The summed E-state index contributed by atoms with van der Waals surface area (Å²) in [5.41, 5.74) is 2.21. The maximum Gasteiger partial charge on any atom is 0.308 e. The van der Waals surface area contributed by atoms with Gasteiger partial charge >= 0.3 is 5.97 Å². The van der Waals surface area contributed by atoms with Crippen molar-refractivity contribution in [2.45, 2.75) is 27.7 Å². The van der Waals surface area contributed by atoms with Crippen LogP contribution in [0.5, 0.6) is 5.75 Å². The summed E-state index contributed by atoms with van der Waals surface area (Å²) < 4.78 is 5.03. The average molecular weight is 191 g/mol. The Bertz CT molecular complexity index is 340. The van der Waals surface area contributed by atoms with E-state index in [9.17, 15) is 4.79 Å². The predicted molar refractivity (Wildman–Crippen MR) is 56.2 cm³/mol. The molecular formula is C12H15O2. The first-order valence-corrected chi connectivity index (χ1v) is 4.59. The second-order valence-electron chi connectivity index (χ2n) is 3.63. The van der Waals surface area contributed by atoms with Crippen LogP contribution < -0.4 is 4.74 Å². The van der Waals surface area contributed by atoms with Gasteiger partial charge in [0.15, 0.2) is 0 Å². The fraction of sp³-hybridized carbons (Fsp3) is 0.333. The molecule has 0 saturated carbocycles. The van der Waals surface area contributed by atoms with Gasteiger partial charge in [0, 0.05) is 6.92 Å². The van der Waals surface area contributed by atoms with Gasteiger partial charge in [0.2, 0.25) is 0 Å². The van der Waals surface area contributed by atoms with E-state index in [1.165, 1.54) is 12.8 Å². The Morgan fingerprint density at radius 1 is 1.14 bits per heavy atom. The SMILES string of the molecule is C[C](C)c1cc(C)cc(OC(C)=O)c1. The monoisotopic (exact) mass is 191 g/mol. The number of esters is 1. The van der Waals surface area contributed by atoms with Crippen molar-refractivity contribution in [3.63, 3.8) is 0 Å². The molecule has 0 N–H and O–H groups in total. The van der Waals surface area contributed by atoms with Gasteiger partial charge in [-0.3, -0.25) is 4.79 Å². The molecular weight excluding hydrogens is 176 g/mol. The molecule has 0 aliphatic rings. The van der Waals surface area contributed by atoms with Crippen LogP contribution in [-0.4, -0.2) is 5.97 Å². The smallest absolute Gasteiger partial charge is 0.308 e. The molecule has 0 aliphatic heterocycles. The molecule has 1 aromatic carbocycles. The molecule has 2 heteroatoms. The summed E-state index contributed by atoms with van der Waals surface area (Å²) in [6.45, 7) is 7.46. The van der Waals surface area contributed by atoms with Crippen LogP contribution in [0.3, 0.4) is 0 Å². The van der Waals surface area contributed by atoms with Crippen LogP contribution in [0.2, 0.25) is 0 Å². The molecule has 1 rings (SSSR count). The quantitative estimate of drug-likeness (QED) is 0.530. The molecule has 0 spiro atoms. The summed E-state index contributed by atoms with van der Waals surface area (Å²) >= 11 is 0. The molecule has 0 fully saturated rings. The maximum atomic E-state index is 10.8. The van der Waals surface area contributed by atoms with E-state index >= 15 is 0 Å². The molecule has 0 amide bonds. The maximum absolute atomic E-state index is 10.8. The molecule has 0 bridgehead atoms. The fourth-order valence-corrected chi connectivity index (χ4v) is 1.26. The first-order valence-electron chi connectivity index (χ1n) is 4.59. The number of carbonyl (C=O) groups is 1. The Kier molecular flexibility index (Phi) is 3.28. The van der Waals surface area contributed by atoms with Crippen LogP contribution in [0.25, 0.3) is 0 Å². The molecule has 0 heterocycles. The van der Waals surface area contributed by atoms with E-state index in [1.54, 1.807) is 0 Å². The van der Waals surface area contributed by atoms with E-state index in [4.69, 9.17) is 4.74 Å². The summed E-state index contributed by atoms with van der Waals surface area (Å²) in [5, 5.41) is 0. The van der Waals surface area contributed by atoms with E-state index in [1.807, 2.05) is 32.9 Å². The zero-order valence-electron chi connectivity index (χ0n) is 9.05. The fourth-order valence-electron chi connectivity index (χ4n) is 1.26. The lowest BCUT2D eigenvalue weighted by atomic mass is 10.0. The van der Waals surface area contributed by atoms with Gasteiger partial charge in [0.25, 0.3) is 0 Å². The summed E-state index contributed by atoms with van der Waals surface area (Å²) in [6.07, 6.45) is 0. The second-order valence-corrected chi connectivity index (χ2v) is 3.63. The molecule has 75 valence electrons. The largest absolute Gasteiger partial charge is 0.427 e. The van der Waals surface area contributed by atoms with Gasteiger partial charge in [-0.2, -0.15) is 0 Å². The standard InChI is InChI=1S/C12H15O2/c1-8(2)11-5-9(3)6-12(7-11)14-10(4)13/h5-7H,1-4H3. The lowest BCUT2D eigenvalue weighted by Crippen LogP contribution is -2.02. The molecule has 0 aromatic heterocycles. The molecule has 1 radical (unpaired) electrons. The van der Waals surface area contributed by atoms with Crippen molar-refractivity contribution in [3.8, 4) is 5.75 Å². The first kappa shape index (κ1) is 10.8. The normalized spacial score (nSPS) is 10.4. The van der Waals surface area contributed by atoms with Crippen LogP contribution in [0.15, 0.2) is 18.2 Å². The Hall–Kier alpha value is -1.31. The molecule has 0 saturated heterocycles. The van der Waals surface area contributed by atoms with Crippen molar-refractivity contribution >= 4 is 5.97 Å². The molecule has 0 unspecified atom stereocenters. The Morgan fingerprint density at radius 2 is 1.79 bits per heavy atom. The van der Waals surface area contributed by atoms with Gasteiger partial charge in [-0.1, -0.05) is 19.9 Å². The Morgan fingerprint density at radius 3 is 2.29 bits per heavy atom. The van der Waals surface area contributed by atoms with Gasteiger partial charge in [0.1, 0.15) is 5.75 Å². The van der Waals surface area contributed by atoms with E-state index < -0.39 is 0 Å². The third-order valence-electron chi connectivity index (χ3n) is 1.89. The minimum Gasteiger partial charge on any atom is -0.427 e. The van der Waals surface area contributed by atoms with Crippen LogP contribution in [0, 0.1) is 12.8 Å². The highest BCUT2D eigenvalue weighted by Gasteiger charge is 2.05. The van der Waals surface area contributed by atoms with Gasteiger partial charge in [0.05, 0.1) is 0 Å². The van der Waals surface area contributed by atoms with Crippen molar-refractivity contribution in [1.82, 2.24) is 0 Å². The zero-order chi connectivity index (χ0) is 10.7. The number of ether oxygens (including phenoxy) is 1. The van der Waals surface area contributed by atoms with Crippen molar-refractivity contribution in [2.75, 3.05) is 0 Å². The van der Waals surface area contributed by atoms with Gasteiger partial charge in [-0.05, 0) is 36.1 Å². The predicted octanol–water partition coefficient (Wildman–Crippen LogP) is 2.88. The van der Waals surface area contributed by atoms with Crippen LogP contribution >= 0.6 is 0 Å². The third-order valence-corrected chi connectivity index (χ3v) is 1.89. The Balaban J connectivity index is 3.01. The van der Waals surface area contributed by atoms with E-state index in [0.29, 0.717) is 5.75 Å². The number of aryl methyl sites for hydroxylation is 1. The summed E-state index contributed by atoms with van der Waals surface area (Å²) in [6, 6.07) is 5.81. The number of hydrogen-bond donors (Lipinski definition) is 0. The second kappa shape index (κ2) is 4.27. The molecule has 14 heavy (non-hydrogen) atoms. The number of rotatable bonds is 2. The number of hydrogen-bond acceptors (Lipinski definition) is 2.